The molecule has 0 atom stereocenters. The summed E-state index contributed by atoms with van der Waals surface area (Å²) in [5, 5.41) is 1.39. The van der Waals surface area contributed by atoms with E-state index in [0.29, 0.717) is 21.9 Å². The molecule has 8 heteroatoms. The second-order valence-corrected chi connectivity index (χ2v) is 7.54. The average molecular weight is 348 g/mol. The third kappa shape index (κ3) is 3.09. The van der Waals surface area contributed by atoms with Gasteiger partial charge in [0.05, 0.1) is 11.3 Å². The van der Waals surface area contributed by atoms with Crippen molar-refractivity contribution in [2.45, 2.75) is 25.5 Å². The monoisotopic (exact) mass is 348 g/mol. The maximum absolute atomic E-state index is 12.9. The molecule has 0 spiro atoms. The van der Waals surface area contributed by atoms with Gasteiger partial charge in [-0.25, -0.2) is 9.97 Å². The maximum Gasteiger partial charge on any atom is 0.272 e. The van der Waals surface area contributed by atoms with Crippen LogP contribution in [0.4, 0.5) is 0 Å². The predicted molar refractivity (Wildman–Crippen MR) is 93.9 cm³/mol. The molecule has 0 saturated heterocycles. The molecule has 0 fully saturated rings. The molecule has 1 amide bonds. The number of carbonyl (C=O) groups excluding carboxylic acids is 1. The number of rotatable bonds is 5. The Hall–Kier alpha value is -1.93. The quantitative estimate of drug-likeness (QED) is 0.564. The molecule has 0 radical (unpaired) electrons. The second kappa shape index (κ2) is 6.29. The highest BCUT2D eigenvalue weighted by molar-refractivity contribution is 7.99. The first-order valence-electron chi connectivity index (χ1n) is 7.16. The molecule has 0 unspecified atom stereocenters. The molecule has 0 bridgehead atoms. The Morgan fingerprint density at radius 3 is 2.96 bits per heavy atom. The normalized spacial score (nSPS) is 11.6. The highest BCUT2D eigenvalue weighted by atomic mass is 32.2. The number of hydrogen-bond acceptors (Lipinski definition) is 6. The molecule has 0 aromatic carbocycles. The molecular formula is C15H16N4O2S2. The number of nitrogens with zero attached hydrogens (tertiary/aromatic N) is 3. The molecular weight excluding hydrogens is 332 g/mol. The van der Waals surface area contributed by atoms with Gasteiger partial charge in [-0.05, 0) is 18.1 Å². The van der Waals surface area contributed by atoms with E-state index < -0.39 is 5.91 Å². The molecule has 0 aliphatic carbocycles. The Morgan fingerprint density at radius 2 is 2.26 bits per heavy atom. The summed E-state index contributed by atoms with van der Waals surface area (Å²) in [6.45, 7) is 4.61. The summed E-state index contributed by atoms with van der Waals surface area (Å²) in [5.41, 5.74) is 5.79. The number of amides is 1. The lowest BCUT2D eigenvalue weighted by atomic mass is 10.2. The minimum Gasteiger partial charge on any atom is -0.369 e. The Labute approximate surface area is 140 Å². The summed E-state index contributed by atoms with van der Waals surface area (Å²) in [6, 6.07) is 3.73. The van der Waals surface area contributed by atoms with Gasteiger partial charge in [-0.3, -0.25) is 14.2 Å². The van der Waals surface area contributed by atoms with Crippen molar-refractivity contribution in [1.29, 1.82) is 0 Å². The van der Waals surface area contributed by atoms with Crippen molar-refractivity contribution in [3.63, 3.8) is 0 Å². The third-order valence-corrected chi connectivity index (χ3v) is 5.30. The summed E-state index contributed by atoms with van der Waals surface area (Å²) in [4.78, 5) is 33.7. The number of nitrogens with two attached hydrogens (primary N) is 1. The molecule has 3 aromatic rings. The van der Waals surface area contributed by atoms with Crippen molar-refractivity contribution in [3.05, 3.63) is 28.7 Å². The van der Waals surface area contributed by atoms with E-state index in [2.05, 4.69) is 9.97 Å². The van der Waals surface area contributed by atoms with Gasteiger partial charge in [0.1, 0.15) is 9.53 Å². The van der Waals surface area contributed by atoms with Crippen LogP contribution in [0.25, 0.3) is 20.4 Å². The molecule has 0 saturated carbocycles. The smallest absolute Gasteiger partial charge is 0.272 e. The van der Waals surface area contributed by atoms with Crippen LogP contribution in [-0.2, 0) is 11.3 Å². The minimum atomic E-state index is -0.433. The lowest BCUT2D eigenvalue weighted by molar-refractivity contribution is -0.115. The van der Waals surface area contributed by atoms with E-state index in [4.69, 9.17) is 5.73 Å². The van der Waals surface area contributed by atoms with Crippen LogP contribution in [0.15, 0.2) is 28.3 Å². The van der Waals surface area contributed by atoms with E-state index in [1.54, 1.807) is 10.8 Å². The van der Waals surface area contributed by atoms with Crippen LogP contribution in [0.5, 0.6) is 0 Å². The van der Waals surface area contributed by atoms with Gasteiger partial charge in [0, 0.05) is 18.1 Å². The van der Waals surface area contributed by atoms with E-state index in [9.17, 15) is 9.59 Å². The number of pyridine rings is 1. The van der Waals surface area contributed by atoms with E-state index >= 15 is 0 Å². The van der Waals surface area contributed by atoms with Gasteiger partial charge in [0.25, 0.3) is 5.56 Å². The minimum absolute atomic E-state index is 0.0846. The first kappa shape index (κ1) is 15.9. The largest absolute Gasteiger partial charge is 0.369 e. The Morgan fingerprint density at radius 1 is 1.48 bits per heavy atom. The van der Waals surface area contributed by atoms with Gasteiger partial charge < -0.3 is 5.73 Å². The number of hydrogen-bond donors (Lipinski definition) is 1. The number of fused-ring (bicyclic) bond motifs is 3. The summed E-state index contributed by atoms with van der Waals surface area (Å²) < 4.78 is 2.23. The zero-order chi connectivity index (χ0) is 16.6. The number of primary amides is 1. The number of aromatic nitrogens is 3. The molecule has 2 N–H and O–H groups in total. The van der Waals surface area contributed by atoms with Crippen LogP contribution < -0.4 is 11.3 Å². The number of thioether (sulfide) groups is 1. The van der Waals surface area contributed by atoms with Crippen LogP contribution >= 0.6 is 23.1 Å². The lowest BCUT2D eigenvalue weighted by Gasteiger charge is -2.13. The summed E-state index contributed by atoms with van der Waals surface area (Å²) >= 11 is 2.55. The van der Waals surface area contributed by atoms with Gasteiger partial charge in [-0.1, -0.05) is 25.6 Å². The number of thiophene rings is 1. The van der Waals surface area contributed by atoms with Crippen molar-refractivity contribution < 1.29 is 4.79 Å². The van der Waals surface area contributed by atoms with E-state index in [0.717, 1.165) is 10.2 Å². The van der Waals surface area contributed by atoms with Crippen molar-refractivity contribution in [1.82, 2.24) is 14.5 Å². The second-order valence-electron chi connectivity index (χ2n) is 5.59. The first-order valence-corrected chi connectivity index (χ1v) is 8.96. The van der Waals surface area contributed by atoms with Crippen molar-refractivity contribution in [3.8, 4) is 0 Å². The molecule has 0 aliphatic heterocycles. The fourth-order valence-electron chi connectivity index (χ4n) is 2.31. The van der Waals surface area contributed by atoms with Crippen LogP contribution in [0.2, 0.25) is 0 Å². The molecule has 3 heterocycles. The maximum atomic E-state index is 12.9. The Bertz CT molecular complexity index is 946. The van der Waals surface area contributed by atoms with Crippen molar-refractivity contribution in [2.75, 3.05) is 5.75 Å². The van der Waals surface area contributed by atoms with Gasteiger partial charge >= 0.3 is 0 Å². The van der Waals surface area contributed by atoms with Gasteiger partial charge in [-0.15, -0.1) is 11.3 Å². The SMILES string of the molecule is CC(C)Cn1c(SCC(N)=O)nc2c(sc3ncccc32)c1=O. The summed E-state index contributed by atoms with van der Waals surface area (Å²) in [6.07, 6.45) is 1.70. The first-order chi connectivity index (χ1) is 11.0. The van der Waals surface area contributed by atoms with Gasteiger partial charge in [0.15, 0.2) is 5.16 Å². The van der Waals surface area contributed by atoms with Gasteiger partial charge in [-0.2, -0.15) is 0 Å². The fraction of sp³-hybridized carbons (Fsp3) is 0.333. The molecule has 3 aromatic heterocycles. The summed E-state index contributed by atoms with van der Waals surface area (Å²) in [7, 11) is 0. The predicted octanol–water partition coefficient (Wildman–Crippen LogP) is 2.24. The molecule has 23 heavy (non-hydrogen) atoms. The lowest BCUT2D eigenvalue weighted by Crippen LogP contribution is -2.25. The fourth-order valence-corrected chi connectivity index (χ4v) is 4.08. The van der Waals surface area contributed by atoms with E-state index in [1.165, 1.54) is 23.1 Å². The molecule has 0 aliphatic rings. The standard InChI is InChI=1S/C15H16N4O2S2/c1-8(2)6-19-14(21)12-11(18-15(19)22-7-10(16)20)9-4-3-5-17-13(9)23-12/h3-5,8H,6-7H2,1-2H3,(H2,16,20). The highest BCUT2D eigenvalue weighted by Gasteiger charge is 2.17. The van der Waals surface area contributed by atoms with Crippen LogP contribution in [-0.4, -0.2) is 26.2 Å². The van der Waals surface area contributed by atoms with Crippen LogP contribution in [0.3, 0.4) is 0 Å². The van der Waals surface area contributed by atoms with Crippen molar-refractivity contribution in [2.24, 2.45) is 11.7 Å². The van der Waals surface area contributed by atoms with E-state index in [-0.39, 0.29) is 17.2 Å². The summed E-state index contributed by atoms with van der Waals surface area (Å²) in [5.74, 6) is -0.0548. The molecule has 3 rings (SSSR count). The average Bonchev–Trinajstić information content (AvgIpc) is 2.87. The zero-order valence-corrected chi connectivity index (χ0v) is 14.4. The van der Waals surface area contributed by atoms with Crippen LogP contribution in [0.1, 0.15) is 13.8 Å². The third-order valence-electron chi connectivity index (χ3n) is 3.21. The zero-order valence-electron chi connectivity index (χ0n) is 12.8. The van der Waals surface area contributed by atoms with E-state index in [1.807, 2.05) is 26.0 Å². The van der Waals surface area contributed by atoms with Gasteiger partial charge in [0.2, 0.25) is 5.91 Å². The Balaban J connectivity index is 2.26. The molecule has 6 nitrogen and oxygen atoms in total. The number of carbonyl (C=O) groups is 1. The highest BCUT2D eigenvalue weighted by Crippen LogP contribution is 2.30. The molecule has 120 valence electrons. The van der Waals surface area contributed by atoms with Crippen LogP contribution in [0, 0.1) is 5.92 Å². The van der Waals surface area contributed by atoms with Crippen molar-refractivity contribution >= 4 is 49.4 Å². The topological polar surface area (TPSA) is 90.9 Å². The Kier molecular flexibility index (Phi) is 4.36.